The van der Waals surface area contributed by atoms with Gasteiger partial charge in [0.25, 0.3) is 0 Å². The monoisotopic (exact) mass is 336 g/mol. The second-order valence-electron chi connectivity index (χ2n) is 6.64. The van der Waals surface area contributed by atoms with Crippen molar-refractivity contribution < 1.29 is 9.21 Å². The lowest BCUT2D eigenvalue weighted by Crippen LogP contribution is -2.02. The molecule has 0 saturated heterocycles. The van der Waals surface area contributed by atoms with E-state index >= 15 is 0 Å². The lowest BCUT2D eigenvalue weighted by Gasteiger charge is -2.07. The van der Waals surface area contributed by atoms with Crippen LogP contribution in [0.15, 0.2) is 83.3 Å². The number of para-hydroxylation sites is 1. The molecule has 0 aliphatic heterocycles. The third-order valence-corrected chi connectivity index (χ3v) is 4.94. The van der Waals surface area contributed by atoms with Crippen LogP contribution >= 0.6 is 0 Å². The maximum atomic E-state index is 13.2. The molecule has 0 spiro atoms. The molecule has 0 amide bonds. The number of hydrogen-bond acceptors (Lipinski definition) is 2. The van der Waals surface area contributed by atoms with Gasteiger partial charge in [0.15, 0.2) is 5.78 Å². The Balaban J connectivity index is 1.87. The van der Waals surface area contributed by atoms with Gasteiger partial charge in [0.05, 0.1) is 0 Å². The summed E-state index contributed by atoms with van der Waals surface area (Å²) < 4.78 is 6.11. The summed E-state index contributed by atoms with van der Waals surface area (Å²) in [6, 6.07) is 25.6. The number of carbonyl (C=O) groups excluding carboxylic acids is 1. The SMILES string of the molecule is Cc1ccc(C(=O)c2cc3c4ccccc4oc3c3ccccc23)cc1. The van der Waals surface area contributed by atoms with Gasteiger partial charge in [0.1, 0.15) is 11.2 Å². The maximum absolute atomic E-state index is 13.2. The molecule has 0 radical (unpaired) electrons. The summed E-state index contributed by atoms with van der Waals surface area (Å²) in [4.78, 5) is 13.2. The standard InChI is InChI=1S/C24H16O2/c1-15-10-12-16(13-11-15)23(25)20-14-21-18-7-4-5-9-22(18)26-24(21)19-8-3-2-6-17(19)20/h2-14H,1H3. The number of ketones is 1. The zero-order valence-electron chi connectivity index (χ0n) is 14.3. The fourth-order valence-corrected chi connectivity index (χ4v) is 3.60. The largest absolute Gasteiger partial charge is 0.455 e. The first-order valence-corrected chi connectivity index (χ1v) is 8.67. The Bertz CT molecular complexity index is 1290. The fourth-order valence-electron chi connectivity index (χ4n) is 3.60. The lowest BCUT2D eigenvalue weighted by molar-refractivity contribution is 0.104. The quantitative estimate of drug-likeness (QED) is 0.355. The van der Waals surface area contributed by atoms with Crippen LogP contribution < -0.4 is 0 Å². The Morgan fingerprint density at radius 2 is 1.38 bits per heavy atom. The number of hydrogen-bond donors (Lipinski definition) is 0. The highest BCUT2D eigenvalue weighted by Gasteiger charge is 2.18. The first kappa shape index (κ1) is 14.9. The van der Waals surface area contributed by atoms with Gasteiger partial charge in [-0.3, -0.25) is 4.79 Å². The van der Waals surface area contributed by atoms with E-state index in [1.54, 1.807) is 0 Å². The molecule has 0 fully saturated rings. The summed E-state index contributed by atoms with van der Waals surface area (Å²) in [6.07, 6.45) is 0. The maximum Gasteiger partial charge on any atom is 0.193 e. The van der Waals surface area contributed by atoms with E-state index in [4.69, 9.17) is 4.42 Å². The van der Waals surface area contributed by atoms with Gasteiger partial charge in [-0.1, -0.05) is 72.3 Å². The van der Waals surface area contributed by atoms with E-state index in [9.17, 15) is 4.79 Å². The number of rotatable bonds is 2. The summed E-state index contributed by atoms with van der Waals surface area (Å²) in [5.41, 5.74) is 4.23. The number of carbonyl (C=O) groups is 1. The Hall–Kier alpha value is -3.39. The molecule has 0 N–H and O–H groups in total. The van der Waals surface area contributed by atoms with Crippen LogP contribution in [-0.2, 0) is 0 Å². The molecule has 0 unspecified atom stereocenters. The van der Waals surface area contributed by atoms with Gasteiger partial charge >= 0.3 is 0 Å². The van der Waals surface area contributed by atoms with E-state index in [0.29, 0.717) is 11.1 Å². The summed E-state index contributed by atoms with van der Waals surface area (Å²) >= 11 is 0. The fraction of sp³-hybridized carbons (Fsp3) is 0.0417. The molecular weight excluding hydrogens is 320 g/mol. The molecule has 5 aromatic rings. The van der Waals surface area contributed by atoms with Gasteiger partial charge in [-0.15, -0.1) is 0 Å². The van der Waals surface area contributed by atoms with E-state index in [-0.39, 0.29) is 5.78 Å². The summed E-state index contributed by atoms with van der Waals surface area (Å²) in [5, 5.41) is 3.90. The number of benzene rings is 4. The van der Waals surface area contributed by atoms with Gasteiger partial charge in [-0.2, -0.15) is 0 Å². The number of furan rings is 1. The minimum atomic E-state index is 0.0355. The van der Waals surface area contributed by atoms with E-state index in [1.807, 2.05) is 85.8 Å². The Labute approximate surface area is 150 Å². The minimum Gasteiger partial charge on any atom is -0.455 e. The van der Waals surface area contributed by atoms with Crippen LogP contribution in [0.4, 0.5) is 0 Å². The van der Waals surface area contributed by atoms with Crippen molar-refractivity contribution in [3.63, 3.8) is 0 Å². The lowest BCUT2D eigenvalue weighted by atomic mass is 9.94. The third kappa shape index (κ3) is 2.16. The average Bonchev–Trinajstić information content (AvgIpc) is 3.06. The van der Waals surface area contributed by atoms with Gasteiger partial charge in [-0.05, 0) is 24.4 Å². The molecule has 0 bridgehead atoms. The van der Waals surface area contributed by atoms with Gasteiger partial charge < -0.3 is 4.42 Å². The van der Waals surface area contributed by atoms with E-state index in [0.717, 1.165) is 38.3 Å². The van der Waals surface area contributed by atoms with Crippen LogP contribution in [0.3, 0.4) is 0 Å². The highest BCUT2D eigenvalue weighted by molar-refractivity contribution is 6.24. The van der Waals surface area contributed by atoms with E-state index in [1.165, 1.54) is 0 Å². The Morgan fingerprint density at radius 1 is 0.731 bits per heavy atom. The first-order valence-electron chi connectivity index (χ1n) is 8.67. The normalized spacial score (nSPS) is 11.4. The third-order valence-electron chi connectivity index (χ3n) is 4.94. The Kier molecular flexibility index (Phi) is 3.19. The topological polar surface area (TPSA) is 30.2 Å². The van der Waals surface area contributed by atoms with Crippen molar-refractivity contribution in [2.45, 2.75) is 6.92 Å². The summed E-state index contributed by atoms with van der Waals surface area (Å²) in [6.45, 7) is 2.02. The summed E-state index contributed by atoms with van der Waals surface area (Å²) in [5.74, 6) is 0.0355. The zero-order valence-corrected chi connectivity index (χ0v) is 14.3. The Morgan fingerprint density at radius 3 is 2.15 bits per heavy atom. The van der Waals surface area contributed by atoms with Crippen molar-refractivity contribution in [3.8, 4) is 0 Å². The van der Waals surface area contributed by atoms with Crippen LogP contribution in [0.5, 0.6) is 0 Å². The second-order valence-corrected chi connectivity index (χ2v) is 6.64. The molecule has 2 heteroatoms. The molecule has 0 aliphatic carbocycles. The highest BCUT2D eigenvalue weighted by atomic mass is 16.3. The smallest absolute Gasteiger partial charge is 0.193 e. The van der Waals surface area contributed by atoms with Crippen LogP contribution in [0.1, 0.15) is 21.5 Å². The molecule has 0 saturated carbocycles. The minimum absolute atomic E-state index is 0.0355. The first-order chi connectivity index (χ1) is 12.7. The zero-order chi connectivity index (χ0) is 17.7. The molecule has 124 valence electrons. The molecule has 0 aliphatic rings. The molecule has 5 rings (SSSR count). The molecule has 0 atom stereocenters. The molecule has 26 heavy (non-hydrogen) atoms. The van der Waals surface area contributed by atoms with Gasteiger partial charge in [-0.25, -0.2) is 0 Å². The molecular formula is C24H16O2. The van der Waals surface area contributed by atoms with Crippen molar-refractivity contribution in [1.29, 1.82) is 0 Å². The molecule has 4 aromatic carbocycles. The predicted octanol–water partition coefficient (Wildman–Crippen LogP) is 6.28. The second kappa shape index (κ2) is 5.57. The van der Waals surface area contributed by atoms with Crippen molar-refractivity contribution in [1.82, 2.24) is 0 Å². The molecule has 2 nitrogen and oxygen atoms in total. The van der Waals surface area contributed by atoms with Crippen LogP contribution in [0, 0.1) is 6.92 Å². The van der Waals surface area contributed by atoms with Crippen LogP contribution in [0.25, 0.3) is 32.7 Å². The van der Waals surface area contributed by atoms with E-state index < -0.39 is 0 Å². The van der Waals surface area contributed by atoms with Crippen molar-refractivity contribution in [2.24, 2.45) is 0 Å². The van der Waals surface area contributed by atoms with Crippen LogP contribution in [0.2, 0.25) is 0 Å². The van der Waals surface area contributed by atoms with Crippen LogP contribution in [-0.4, -0.2) is 5.78 Å². The number of aryl methyl sites for hydroxylation is 1. The predicted molar refractivity (Wildman–Crippen MR) is 106 cm³/mol. The number of fused-ring (bicyclic) bond motifs is 5. The van der Waals surface area contributed by atoms with Crippen molar-refractivity contribution >= 4 is 38.5 Å². The van der Waals surface area contributed by atoms with Gasteiger partial charge in [0.2, 0.25) is 0 Å². The average molecular weight is 336 g/mol. The summed E-state index contributed by atoms with van der Waals surface area (Å²) in [7, 11) is 0. The molecule has 1 heterocycles. The van der Waals surface area contributed by atoms with Crippen molar-refractivity contribution in [3.05, 3.63) is 95.6 Å². The molecule has 1 aromatic heterocycles. The van der Waals surface area contributed by atoms with Gasteiger partial charge in [0, 0.05) is 27.3 Å². The van der Waals surface area contributed by atoms with Crippen molar-refractivity contribution in [2.75, 3.05) is 0 Å². The van der Waals surface area contributed by atoms with E-state index in [2.05, 4.69) is 0 Å². The highest BCUT2D eigenvalue weighted by Crippen LogP contribution is 2.36.